The van der Waals surface area contributed by atoms with Crippen LogP contribution in [0.3, 0.4) is 0 Å². The summed E-state index contributed by atoms with van der Waals surface area (Å²) in [6, 6.07) is 0. The molecular formula is H4AlBiMo12O41P+3. The summed E-state index contributed by atoms with van der Waals surface area (Å²) >= 11 is -97.3. The first-order valence-corrected chi connectivity index (χ1v) is 51.6. The van der Waals surface area contributed by atoms with Crippen LogP contribution in [0, 0.1) is 0 Å². The third-order valence-electron chi connectivity index (χ3n) is 2.06. The van der Waals surface area contributed by atoms with Gasteiger partial charge in [0.05, 0.1) is 0 Å². The fourth-order valence-corrected chi connectivity index (χ4v) is 60.4. The van der Waals surface area contributed by atoms with Crippen LogP contribution in [-0.4, -0.2) is 53.4 Å². The Balaban J connectivity index is -0.00000920. The van der Waals surface area contributed by atoms with Gasteiger partial charge in [0.1, 0.15) is 0 Å². The van der Waals surface area contributed by atoms with Crippen molar-refractivity contribution in [1.29, 1.82) is 0 Å². The van der Waals surface area contributed by atoms with Crippen LogP contribution < -0.4 is 0 Å². The van der Waals surface area contributed by atoms with E-state index in [0.29, 0.717) is 0 Å². The standard InChI is InChI=1S/Al.Bi.12Mo.H3O4P.3H2O.34O.H/c;;;;;;;;;;;;;;1-5(2,3)4;;;;;;;;;;;;;;;;;;;;;;;;;;;;;;;;;;;;;;/h;;;;;;;;;;;;;;(H3,1,2,3,4);3*1H2;;;;;;;;;;;;;;;;;;;;;;;;;;;;;;;;;;;/q+3;;;;;;;;6*+1;;;;;;;;;;;;;;;;;;;;;;;;;;;;;;;;;;;;;;;/p-6. The quantitative estimate of drug-likeness (QED) is 0.0599. The summed E-state index contributed by atoms with van der Waals surface area (Å²) in [6.07, 6.45) is 0. The first-order valence-electron chi connectivity index (χ1n) is 8.98. The molecule has 3 N–H and O–H groups in total. The maximum atomic E-state index is 12.8. The van der Waals surface area contributed by atoms with Crippen LogP contribution in [0.25, 0.3) is 0 Å². The van der Waals surface area contributed by atoms with Crippen molar-refractivity contribution >= 4 is 49.9 Å². The second kappa shape index (κ2) is 22.7. The van der Waals surface area contributed by atoms with Gasteiger partial charge >= 0.3 is 379 Å². The first kappa shape index (κ1) is 64.6. The molecule has 0 saturated carbocycles. The molecule has 0 unspecified atom stereocenters. The van der Waals surface area contributed by atoms with Gasteiger partial charge in [-0.2, -0.15) is 0 Å². The monoisotopic (exact) mass is 2100 g/mol. The Morgan fingerprint density at radius 2 is 0.411 bits per heavy atom. The number of hydrogen-bond acceptors (Lipinski definition) is 38. The summed E-state index contributed by atoms with van der Waals surface area (Å²) in [7, 11) is -7.91. The van der Waals surface area contributed by atoms with Crippen molar-refractivity contribution in [2.75, 3.05) is 0 Å². The van der Waals surface area contributed by atoms with Gasteiger partial charge in [-0.1, -0.05) is 0 Å². The maximum absolute atomic E-state index is 12.8. The Kier molecular flexibility index (Phi) is 26.1. The summed E-state index contributed by atoms with van der Waals surface area (Å²) in [4.78, 5) is 0. The Morgan fingerprint density at radius 3 is 0.554 bits per heavy atom. The van der Waals surface area contributed by atoms with Crippen LogP contribution in [-0.2, 0) is 318 Å². The summed E-state index contributed by atoms with van der Waals surface area (Å²) in [6.45, 7) is 0. The molecule has 0 heterocycles. The van der Waals surface area contributed by atoms with E-state index in [9.17, 15) is 86.1 Å². The molecule has 0 amide bonds. The van der Waals surface area contributed by atoms with Gasteiger partial charge in [-0.3, -0.25) is 0 Å². The van der Waals surface area contributed by atoms with Gasteiger partial charge in [0.25, 0.3) is 0 Å². The van der Waals surface area contributed by atoms with Gasteiger partial charge in [0.2, 0.25) is 0 Å². The normalized spacial score (nSPS) is 14.8. The van der Waals surface area contributed by atoms with Crippen molar-refractivity contribution in [2.24, 2.45) is 0 Å². The first-order chi connectivity index (χ1) is 23.5. The molecule has 0 aliphatic carbocycles. The van der Waals surface area contributed by atoms with E-state index < -0.39 is 209 Å². The predicted octanol–water partition coefficient (Wildman–Crippen LogP) is -5.78. The fourth-order valence-electron chi connectivity index (χ4n) is 1.41. The van der Waals surface area contributed by atoms with E-state index in [1.165, 1.54) is 0 Å². The average Bonchev–Trinajstić information content (AvgIpc) is 2.66. The third-order valence-corrected chi connectivity index (χ3v) is 62.5. The molecule has 0 atom stereocenters. The molecule has 56 heteroatoms. The molecule has 332 valence electrons. The van der Waals surface area contributed by atoms with E-state index in [1.807, 2.05) is 0 Å². The summed E-state index contributed by atoms with van der Waals surface area (Å²) in [5, 5.41) is 0. The second-order valence-electron chi connectivity index (χ2n) is 6.24. The van der Waals surface area contributed by atoms with Crippen molar-refractivity contribution in [2.45, 2.75) is 0 Å². The van der Waals surface area contributed by atoms with Gasteiger partial charge in [-0.25, -0.2) is 0 Å². The number of hydrogen-bond donors (Lipinski definition) is 3. The molecule has 0 radical (unpaired) electrons. The van der Waals surface area contributed by atoms with Crippen LogP contribution in [0.2, 0.25) is 0 Å². The minimum absolute atomic E-state index is 0. The number of rotatable bonds is 24. The second-order valence-corrected chi connectivity index (χ2v) is 56.1. The molecule has 0 aromatic heterocycles. The van der Waals surface area contributed by atoms with Crippen LogP contribution in [0.1, 0.15) is 0 Å². The average molecular weight is 2080 g/mol. The SMILES string of the molecule is O=P([O][Mo](=[O])(=[O])[O][Mo](=[O])(=[O])[O][Mo](=[O])(=[O])[O][Mo](=[O])(=[O])[OH])([O][Mo](=[O])(=[O])[O][Mo](=[O])(=[O])[O][Mo](=[O])(=[O])[O][Mo](=[O])(=[O])[OH])[O][Mo](=[O])(=[O])[O][Mo](=[O])(=[O])[O][Mo](=[O])(=[O])[O][Mo](=[O])(=[O])[OH].[Al+3].[O]=[BiH]. The molecule has 56 heavy (non-hydrogen) atoms. The van der Waals surface area contributed by atoms with E-state index in [-0.39, 0.29) is 42.1 Å². The van der Waals surface area contributed by atoms with E-state index >= 15 is 0 Å². The Bertz CT molecular complexity index is 2540. The van der Waals surface area contributed by atoms with Crippen molar-refractivity contribution < 1.29 is 329 Å². The van der Waals surface area contributed by atoms with Crippen LogP contribution in [0.15, 0.2) is 0 Å². The van der Waals surface area contributed by atoms with Crippen molar-refractivity contribution in [3.8, 4) is 0 Å². The molecule has 0 fully saturated rings. The van der Waals surface area contributed by atoms with Crippen LogP contribution >= 0.6 is 7.82 Å². The molecule has 0 rings (SSSR count). The zero-order valence-corrected chi connectivity index (χ0v) is 53.3. The molecule has 0 bridgehead atoms. The van der Waals surface area contributed by atoms with E-state index in [0.717, 1.165) is 0 Å². The van der Waals surface area contributed by atoms with Crippen molar-refractivity contribution in [3.63, 3.8) is 0 Å². The van der Waals surface area contributed by atoms with Crippen molar-refractivity contribution in [1.82, 2.24) is 0 Å². The molecule has 0 aliphatic heterocycles. The fraction of sp³-hybridized carbons (Fsp3) is 0. The zero-order valence-electron chi connectivity index (χ0n) is 23.3. The Morgan fingerprint density at radius 1 is 0.286 bits per heavy atom. The topological polar surface area (TPSA) is 615 Å². The van der Waals surface area contributed by atoms with Crippen molar-refractivity contribution in [3.05, 3.63) is 0 Å². The Labute approximate surface area is 371 Å². The minimum atomic E-state index is -8.79. The van der Waals surface area contributed by atoms with Gasteiger partial charge < -0.3 is 0 Å². The molecular weight excluding hydrogens is 2070 g/mol. The predicted molar refractivity (Wildman–Crippen MR) is 57.3 cm³/mol. The molecule has 0 aromatic rings. The van der Waals surface area contributed by atoms with Gasteiger partial charge in [-0.05, 0) is 0 Å². The number of phosphoric acid groups is 1. The summed E-state index contributed by atoms with van der Waals surface area (Å²) in [5.41, 5.74) is 0. The van der Waals surface area contributed by atoms with E-state index in [2.05, 4.69) is 27.9 Å². The van der Waals surface area contributed by atoms with Crippen LogP contribution in [0.5, 0.6) is 0 Å². The molecule has 0 aliphatic rings. The zero-order chi connectivity index (χ0) is 45.0. The molecule has 41 nitrogen and oxygen atoms in total. The summed E-state index contributed by atoms with van der Waals surface area (Å²) < 4.78 is 355. The van der Waals surface area contributed by atoms with Gasteiger partial charge in [0, 0.05) is 0 Å². The molecule has 0 spiro atoms. The van der Waals surface area contributed by atoms with E-state index in [4.69, 9.17) is 14.1 Å². The van der Waals surface area contributed by atoms with Gasteiger partial charge in [0.15, 0.2) is 0 Å². The summed E-state index contributed by atoms with van der Waals surface area (Å²) in [5.74, 6) is 0. The van der Waals surface area contributed by atoms with E-state index in [1.54, 1.807) is 0 Å². The molecule has 0 saturated heterocycles. The molecule has 0 aromatic carbocycles. The van der Waals surface area contributed by atoms with Crippen LogP contribution in [0.4, 0.5) is 0 Å². The third kappa shape index (κ3) is 32.9. The van der Waals surface area contributed by atoms with Gasteiger partial charge in [-0.15, -0.1) is 0 Å². The Hall–Kier alpha value is 4.31.